The predicted molar refractivity (Wildman–Crippen MR) is 106 cm³/mol. The van der Waals surface area contributed by atoms with Gasteiger partial charge in [0.2, 0.25) is 5.91 Å². The van der Waals surface area contributed by atoms with Gasteiger partial charge in [0.15, 0.2) is 0 Å². The van der Waals surface area contributed by atoms with E-state index in [1.165, 1.54) is 12.8 Å². The van der Waals surface area contributed by atoms with Crippen molar-refractivity contribution in [2.45, 2.75) is 45.6 Å². The SMILES string of the molecule is CC1CCCN(C(C)(C)CNC(=O)Cc2ccc(N)cc2)C1.Cl.Cl. The summed E-state index contributed by atoms with van der Waals surface area (Å²) in [6.07, 6.45) is 2.98. The summed E-state index contributed by atoms with van der Waals surface area (Å²) < 4.78 is 0. The molecule has 1 aromatic rings. The lowest BCUT2D eigenvalue weighted by Crippen LogP contribution is -2.54. The number of amides is 1. The van der Waals surface area contributed by atoms with Crippen molar-refractivity contribution >= 4 is 36.4 Å². The van der Waals surface area contributed by atoms with Crippen LogP contribution in [0.4, 0.5) is 5.69 Å². The number of halogens is 2. The maximum Gasteiger partial charge on any atom is 0.224 e. The number of rotatable bonds is 5. The minimum absolute atomic E-state index is 0. The predicted octanol–water partition coefficient (Wildman–Crippen LogP) is 3.28. The van der Waals surface area contributed by atoms with Crippen molar-refractivity contribution in [1.82, 2.24) is 10.2 Å². The van der Waals surface area contributed by atoms with E-state index >= 15 is 0 Å². The zero-order valence-electron chi connectivity index (χ0n) is 14.9. The number of nitrogens with zero attached hydrogens (tertiary/aromatic N) is 1. The lowest BCUT2D eigenvalue weighted by atomic mass is 9.93. The van der Waals surface area contributed by atoms with Crippen molar-refractivity contribution in [2.24, 2.45) is 5.92 Å². The second-order valence-corrected chi connectivity index (χ2v) is 7.20. The molecule has 2 rings (SSSR count). The average Bonchev–Trinajstić information content (AvgIpc) is 2.48. The second-order valence-electron chi connectivity index (χ2n) is 7.20. The van der Waals surface area contributed by atoms with Gasteiger partial charge in [0, 0.05) is 24.3 Å². The highest BCUT2D eigenvalue weighted by Gasteiger charge is 2.30. The molecule has 1 atom stereocenters. The van der Waals surface area contributed by atoms with Crippen molar-refractivity contribution in [2.75, 3.05) is 25.4 Å². The molecule has 0 radical (unpaired) electrons. The first-order chi connectivity index (χ1) is 10.4. The third-order valence-electron chi connectivity index (χ3n) is 4.58. The van der Waals surface area contributed by atoms with Crippen molar-refractivity contribution in [3.05, 3.63) is 29.8 Å². The van der Waals surface area contributed by atoms with Crippen LogP contribution in [0.1, 0.15) is 39.2 Å². The Balaban J connectivity index is 0.00000264. The second kappa shape index (κ2) is 10.1. The Bertz CT molecular complexity index is 505. The van der Waals surface area contributed by atoms with E-state index in [-0.39, 0.29) is 36.3 Å². The number of hydrogen-bond donors (Lipinski definition) is 2. The van der Waals surface area contributed by atoms with Crippen LogP contribution >= 0.6 is 24.8 Å². The first-order valence-electron chi connectivity index (χ1n) is 8.23. The van der Waals surface area contributed by atoms with E-state index in [1.54, 1.807) is 0 Å². The zero-order valence-corrected chi connectivity index (χ0v) is 16.5. The number of carbonyl (C=O) groups is 1. The molecule has 3 N–H and O–H groups in total. The number of nitrogen functional groups attached to an aromatic ring is 1. The highest BCUT2D eigenvalue weighted by atomic mass is 35.5. The number of likely N-dealkylation sites (tertiary alicyclic amines) is 1. The molecule has 1 aromatic carbocycles. The van der Waals surface area contributed by atoms with Crippen LogP contribution in [0, 0.1) is 5.92 Å². The number of nitrogens with two attached hydrogens (primary N) is 1. The fraction of sp³-hybridized carbons (Fsp3) is 0.611. The third kappa shape index (κ3) is 6.88. The van der Waals surface area contributed by atoms with Crippen LogP contribution in [0.2, 0.25) is 0 Å². The molecule has 0 spiro atoms. The normalized spacial score (nSPS) is 18.2. The van der Waals surface area contributed by atoms with Gasteiger partial charge in [-0.15, -0.1) is 24.8 Å². The summed E-state index contributed by atoms with van der Waals surface area (Å²) in [6, 6.07) is 7.49. The van der Waals surface area contributed by atoms with E-state index in [1.807, 2.05) is 24.3 Å². The van der Waals surface area contributed by atoms with E-state index < -0.39 is 0 Å². The van der Waals surface area contributed by atoms with Gasteiger partial charge in [-0.3, -0.25) is 9.69 Å². The smallest absolute Gasteiger partial charge is 0.224 e. The summed E-state index contributed by atoms with van der Waals surface area (Å²) in [5, 5.41) is 3.09. The van der Waals surface area contributed by atoms with E-state index in [2.05, 4.69) is 31.0 Å². The van der Waals surface area contributed by atoms with Gasteiger partial charge in [0.1, 0.15) is 0 Å². The van der Waals surface area contributed by atoms with Crippen molar-refractivity contribution in [3.63, 3.8) is 0 Å². The van der Waals surface area contributed by atoms with Gasteiger partial charge >= 0.3 is 0 Å². The number of nitrogens with one attached hydrogen (secondary N) is 1. The van der Waals surface area contributed by atoms with Gasteiger partial charge in [-0.25, -0.2) is 0 Å². The van der Waals surface area contributed by atoms with Crippen LogP contribution in [0.5, 0.6) is 0 Å². The Labute approximate surface area is 158 Å². The molecular weight excluding hydrogens is 345 g/mol. The molecule has 1 saturated heterocycles. The van der Waals surface area contributed by atoms with E-state index in [9.17, 15) is 4.79 Å². The number of benzene rings is 1. The molecule has 1 heterocycles. The lowest BCUT2D eigenvalue weighted by molar-refractivity contribution is -0.121. The molecule has 138 valence electrons. The zero-order chi connectivity index (χ0) is 16.2. The summed E-state index contributed by atoms with van der Waals surface area (Å²) in [5.74, 6) is 0.821. The fourth-order valence-corrected chi connectivity index (χ4v) is 3.05. The molecule has 0 bridgehead atoms. The topological polar surface area (TPSA) is 58.4 Å². The molecule has 1 amide bonds. The van der Waals surface area contributed by atoms with Crippen molar-refractivity contribution in [1.29, 1.82) is 0 Å². The molecular formula is C18H31Cl2N3O. The van der Waals surface area contributed by atoms with Gasteiger partial charge in [-0.2, -0.15) is 0 Å². The maximum atomic E-state index is 12.1. The molecule has 6 heteroatoms. The van der Waals surface area contributed by atoms with Crippen molar-refractivity contribution in [3.8, 4) is 0 Å². The maximum absolute atomic E-state index is 12.1. The third-order valence-corrected chi connectivity index (χ3v) is 4.58. The molecule has 1 unspecified atom stereocenters. The van der Waals surface area contributed by atoms with Gasteiger partial charge < -0.3 is 11.1 Å². The molecule has 0 aromatic heterocycles. The van der Waals surface area contributed by atoms with Crippen molar-refractivity contribution < 1.29 is 4.79 Å². The highest BCUT2D eigenvalue weighted by Crippen LogP contribution is 2.23. The van der Waals surface area contributed by atoms with Gasteiger partial charge in [0.05, 0.1) is 6.42 Å². The summed E-state index contributed by atoms with van der Waals surface area (Å²) >= 11 is 0. The lowest BCUT2D eigenvalue weighted by Gasteiger charge is -2.43. The molecule has 0 saturated carbocycles. The van der Waals surface area contributed by atoms with E-state index in [0.29, 0.717) is 13.0 Å². The van der Waals surface area contributed by atoms with E-state index in [0.717, 1.165) is 30.3 Å². The Hall–Kier alpha value is -0.970. The minimum Gasteiger partial charge on any atom is -0.399 e. The van der Waals surface area contributed by atoms with Crippen LogP contribution in [-0.4, -0.2) is 36.0 Å². The van der Waals surface area contributed by atoms with Crippen LogP contribution in [0.15, 0.2) is 24.3 Å². The quantitative estimate of drug-likeness (QED) is 0.776. The first-order valence-corrected chi connectivity index (χ1v) is 8.23. The molecule has 4 nitrogen and oxygen atoms in total. The summed E-state index contributed by atoms with van der Waals surface area (Å²) in [6.45, 7) is 9.69. The standard InChI is InChI=1S/C18H29N3O.2ClH/c1-14-5-4-10-21(12-14)18(2,3)13-20-17(22)11-15-6-8-16(19)9-7-15;;/h6-9,14H,4-5,10-13,19H2,1-3H3,(H,20,22);2*1H. The summed E-state index contributed by atoms with van der Waals surface area (Å²) in [4.78, 5) is 14.6. The van der Waals surface area contributed by atoms with Crippen LogP contribution in [-0.2, 0) is 11.2 Å². The van der Waals surface area contributed by atoms with E-state index in [4.69, 9.17) is 5.73 Å². The molecule has 0 aliphatic carbocycles. The number of carbonyl (C=O) groups excluding carboxylic acids is 1. The highest BCUT2D eigenvalue weighted by molar-refractivity contribution is 5.85. The van der Waals surface area contributed by atoms with Crippen LogP contribution in [0.25, 0.3) is 0 Å². The Morgan fingerprint density at radius 3 is 2.50 bits per heavy atom. The molecule has 1 aliphatic heterocycles. The average molecular weight is 376 g/mol. The van der Waals surface area contributed by atoms with Crippen LogP contribution in [0.3, 0.4) is 0 Å². The Morgan fingerprint density at radius 1 is 1.29 bits per heavy atom. The fourth-order valence-electron chi connectivity index (χ4n) is 3.05. The molecule has 1 fully saturated rings. The summed E-state index contributed by atoms with van der Waals surface area (Å²) in [5.41, 5.74) is 7.39. The van der Waals surface area contributed by atoms with Crippen LogP contribution < -0.4 is 11.1 Å². The number of piperidine rings is 1. The largest absolute Gasteiger partial charge is 0.399 e. The van der Waals surface area contributed by atoms with Gasteiger partial charge in [-0.05, 0) is 56.8 Å². The number of anilines is 1. The monoisotopic (exact) mass is 375 g/mol. The first kappa shape index (κ1) is 23.0. The summed E-state index contributed by atoms with van der Waals surface area (Å²) in [7, 11) is 0. The molecule has 24 heavy (non-hydrogen) atoms. The van der Waals surface area contributed by atoms with Gasteiger partial charge in [0.25, 0.3) is 0 Å². The van der Waals surface area contributed by atoms with Gasteiger partial charge in [-0.1, -0.05) is 19.1 Å². The number of hydrogen-bond acceptors (Lipinski definition) is 3. The Morgan fingerprint density at radius 2 is 1.92 bits per heavy atom. The molecule has 1 aliphatic rings. The minimum atomic E-state index is 0. The Kier molecular flexibility index (Phi) is 9.71.